The molecule has 1 saturated heterocycles. The van der Waals surface area contributed by atoms with Gasteiger partial charge in [-0.25, -0.2) is 0 Å². The summed E-state index contributed by atoms with van der Waals surface area (Å²) in [6.45, 7) is 6.82. The van der Waals surface area contributed by atoms with Crippen molar-refractivity contribution in [3.05, 3.63) is 59.4 Å². The molecule has 0 radical (unpaired) electrons. The van der Waals surface area contributed by atoms with E-state index in [-0.39, 0.29) is 0 Å². The number of benzene rings is 1. The Hall–Kier alpha value is -1.62. The monoisotopic (exact) mass is 331 g/mol. The Morgan fingerprint density at radius 3 is 2.43 bits per heavy atom. The highest BCUT2D eigenvalue weighted by Gasteiger charge is 2.17. The van der Waals surface area contributed by atoms with Crippen molar-refractivity contribution in [3.63, 3.8) is 0 Å². The van der Waals surface area contributed by atoms with Crippen molar-refractivity contribution in [1.82, 2.24) is 14.8 Å². The van der Waals surface area contributed by atoms with Crippen LogP contribution in [0.25, 0.3) is 0 Å². The number of rotatable bonds is 6. The van der Waals surface area contributed by atoms with E-state index in [0.717, 1.165) is 50.7 Å². The Morgan fingerprint density at radius 2 is 1.70 bits per heavy atom. The van der Waals surface area contributed by atoms with E-state index in [9.17, 15) is 0 Å². The number of aromatic nitrogens is 1. The van der Waals surface area contributed by atoms with Crippen molar-refractivity contribution < 1.29 is 4.74 Å². The largest absolute Gasteiger partial charge is 0.491 e. The van der Waals surface area contributed by atoms with Crippen LogP contribution in [0.4, 0.5) is 0 Å². The molecule has 4 nitrogen and oxygen atoms in total. The fourth-order valence-corrected chi connectivity index (χ4v) is 2.93. The molecule has 0 aliphatic carbocycles. The molecule has 2 aromatic rings. The van der Waals surface area contributed by atoms with Gasteiger partial charge in [-0.2, -0.15) is 0 Å². The van der Waals surface area contributed by atoms with Gasteiger partial charge in [0, 0.05) is 45.5 Å². The third kappa shape index (κ3) is 4.93. The van der Waals surface area contributed by atoms with Crippen molar-refractivity contribution in [2.24, 2.45) is 0 Å². The van der Waals surface area contributed by atoms with E-state index in [0.29, 0.717) is 11.6 Å². The van der Waals surface area contributed by atoms with Crippen molar-refractivity contribution in [2.45, 2.75) is 6.54 Å². The van der Waals surface area contributed by atoms with Gasteiger partial charge in [0.05, 0.1) is 10.7 Å². The van der Waals surface area contributed by atoms with Crippen molar-refractivity contribution in [1.29, 1.82) is 0 Å². The van der Waals surface area contributed by atoms with Crippen LogP contribution in [0.1, 0.15) is 5.69 Å². The highest BCUT2D eigenvalue weighted by atomic mass is 35.5. The minimum atomic E-state index is 0.671. The Kier molecular flexibility index (Phi) is 5.86. The van der Waals surface area contributed by atoms with Gasteiger partial charge in [0.2, 0.25) is 0 Å². The summed E-state index contributed by atoms with van der Waals surface area (Å²) in [5, 5.41) is 0.674. The molecule has 2 heterocycles. The summed E-state index contributed by atoms with van der Waals surface area (Å²) in [5.74, 6) is 0.767. The normalized spacial score (nSPS) is 16.4. The van der Waals surface area contributed by atoms with Crippen LogP contribution in [0.15, 0.2) is 48.7 Å². The maximum absolute atomic E-state index is 6.09. The van der Waals surface area contributed by atoms with Crippen LogP contribution in [0.5, 0.6) is 5.75 Å². The predicted octanol–water partition coefficient (Wildman–Crippen LogP) is 2.93. The molecule has 0 spiro atoms. The van der Waals surface area contributed by atoms with Gasteiger partial charge >= 0.3 is 0 Å². The number of nitrogens with zero attached hydrogens (tertiary/aromatic N) is 3. The lowest BCUT2D eigenvalue weighted by Crippen LogP contribution is -2.47. The van der Waals surface area contributed by atoms with Crippen molar-refractivity contribution in [2.75, 3.05) is 39.3 Å². The lowest BCUT2D eigenvalue weighted by molar-refractivity contribution is 0.111. The number of ether oxygens (including phenoxy) is 1. The van der Waals surface area contributed by atoms with Crippen LogP contribution in [-0.2, 0) is 6.54 Å². The number of hydrogen-bond acceptors (Lipinski definition) is 4. The molecule has 0 unspecified atom stereocenters. The van der Waals surface area contributed by atoms with Gasteiger partial charge in [-0.3, -0.25) is 14.8 Å². The van der Waals surface area contributed by atoms with Gasteiger partial charge < -0.3 is 4.74 Å². The zero-order chi connectivity index (χ0) is 15.9. The fourth-order valence-electron chi connectivity index (χ4n) is 2.74. The van der Waals surface area contributed by atoms with Gasteiger partial charge in [-0.1, -0.05) is 29.8 Å². The number of piperazine rings is 1. The van der Waals surface area contributed by atoms with Crippen molar-refractivity contribution >= 4 is 11.6 Å². The molecule has 0 bridgehead atoms. The second kappa shape index (κ2) is 8.29. The highest BCUT2D eigenvalue weighted by Crippen LogP contribution is 2.22. The van der Waals surface area contributed by atoms with E-state index >= 15 is 0 Å². The van der Waals surface area contributed by atoms with Crippen LogP contribution in [0, 0.1) is 0 Å². The summed E-state index contributed by atoms with van der Waals surface area (Å²) in [5.41, 5.74) is 1.14. The first-order chi connectivity index (χ1) is 11.3. The van der Waals surface area contributed by atoms with Gasteiger partial charge in [-0.15, -0.1) is 0 Å². The molecular weight excluding hydrogens is 310 g/mol. The van der Waals surface area contributed by atoms with E-state index in [1.54, 1.807) is 0 Å². The van der Waals surface area contributed by atoms with Crippen LogP contribution in [0.3, 0.4) is 0 Å². The minimum absolute atomic E-state index is 0.671. The summed E-state index contributed by atoms with van der Waals surface area (Å²) in [7, 11) is 0. The Balaban J connectivity index is 1.37. The second-order valence-electron chi connectivity index (χ2n) is 5.72. The first kappa shape index (κ1) is 16.2. The zero-order valence-corrected chi connectivity index (χ0v) is 14.0. The fraction of sp³-hybridized carbons (Fsp3) is 0.389. The SMILES string of the molecule is Clc1ccccc1OCCN1CCN(Cc2ccccn2)CC1. The first-order valence-electron chi connectivity index (χ1n) is 8.03. The highest BCUT2D eigenvalue weighted by molar-refractivity contribution is 6.32. The maximum Gasteiger partial charge on any atom is 0.137 e. The molecule has 1 aromatic carbocycles. The van der Waals surface area contributed by atoms with Crippen LogP contribution in [-0.4, -0.2) is 54.1 Å². The molecule has 1 fully saturated rings. The molecule has 3 rings (SSSR count). The van der Waals surface area contributed by atoms with E-state index < -0.39 is 0 Å². The second-order valence-corrected chi connectivity index (χ2v) is 6.12. The van der Waals surface area contributed by atoms with Crippen LogP contribution in [0.2, 0.25) is 5.02 Å². The lowest BCUT2D eigenvalue weighted by atomic mass is 10.2. The van der Waals surface area contributed by atoms with Crippen LogP contribution < -0.4 is 4.74 Å². The molecule has 122 valence electrons. The van der Waals surface area contributed by atoms with E-state index in [4.69, 9.17) is 16.3 Å². The molecule has 0 atom stereocenters. The molecule has 1 aliphatic rings. The van der Waals surface area contributed by atoms with Crippen LogP contribution >= 0.6 is 11.6 Å². The molecule has 5 heteroatoms. The van der Waals surface area contributed by atoms with Gasteiger partial charge in [0.25, 0.3) is 0 Å². The van der Waals surface area contributed by atoms with E-state index in [1.807, 2.05) is 42.6 Å². The summed E-state index contributed by atoms with van der Waals surface area (Å²) < 4.78 is 5.76. The summed E-state index contributed by atoms with van der Waals surface area (Å²) in [6, 6.07) is 13.7. The summed E-state index contributed by atoms with van der Waals surface area (Å²) in [6.07, 6.45) is 1.86. The summed E-state index contributed by atoms with van der Waals surface area (Å²) in [4.78, 5) is 9.28. The molecule has 0 saturated carbocycles. The van der Waals surface area contributed by atoms with Gasteiger partial charge in [-0.05, 0) is 24.3 Å². The predicted molar refractivity (Wildman–Crippen MR) is 92.9 cm³/mol. The number of halogens is 1. The summed E-state index contributed by atoms with van der Waals surface area (Å²) >= 11 is 6.09. The smallest absolute Gasteiger partial charge is 0.137 e. The van der Waals surface area contributed by atoms with Crippen molar-refractivity contribution in [3.8, 4) is 5.75 Å². The maximum atomic E-state index is 6.09. The van der Waals surface area contributed by atoms with Gasteiger partial charge in [0.1, 0.15) is 12.4 Å². The molecule has 0 N–H and O–H groups in total. The standard InChI is InChI=1S/C18H22ClN3O/c19-17-6-1-2-7-18(17)23-14-13-21-9-11-22(12-10-21)15-16-5-3-4-8-20-16/h1-8H,9-15H2. The average molecular weight is 332 g/mol. The van der Waals surface area contributed by atoms with E-state index in [1.165, 1.54) is 0 Å². The quantitative estimate of drug-likeness (QED) is 0.813. The topological polar surface area (TPSA) is 28.6 Å². The molecule has 0 amide bonds. The lowest BCUT2D eigenvalue weighted by Gasteiger charge is -2.34. The van der Waals surface area contributed by atoms with Gasteiger partial charge in [0.15, 0.2) is 0 Å². The Morgan fingerprint density at radius 1 is 0.957 bits per heavy atom. The number of para-hydroxylation sites is 1. The third-order valence-corrected chi connectivity index (χ3v) is 4.39. The minimum Gasteiger partial charge on any atom is -0.491 e. The first-order valence-corrected chi connectivity index (χ1v) is 8.41. The van der Waals surface area contributed by atoms with E-state index in [2.05, 4.69) is 20.9 Å². The average Bonchev–Trinajstić information content (AvgIpc) is 2.59. The Labute approximate surface area is 142 Å². The molecular formula is C18H22ClN3O. The zero-order valence-electron chi connectivity index (χ0n) is 13.2. The molecule has 1 aliphatic heterocycles. The number of hydrogen-bond donors (Lipinski definition) is 0. The third-order valence-electron chi connectivity index (χ3n) is 4.08. The number of pyridine rings is 1. The molecule has 1 aromatic heterocycles. The molecule has 23 heavy (non-hydrogen) atoms. The Bertz CT molecular complexity index is 600.